The number of aliphatic hydroxyl groups excluding tert-OH is 1. The zero-order chi connectivity index (χ0) is 53.9. The summed E-state index contributed by atoms with van der Waals surface area (Å²) in [5.74, 6) is -8.91. The van der Waals surface area contributed by atoms with Gasteiger partial charge in [0.05, 0.1) is 29.5 Å². The summed E-state index contributed by atoms with van der Waals surface area (Å²) in [7, 11) is 2.93. The lowest BCUT2D eigenvalue weighted by atomic mass is 9.45. The number of esters is 5. The second kappa shape index (κ2) is 22.5. The van der Waals surface area contributed by atoms with Crippen LogP contribution in [-0.2, 0) is 52.4 Å². The first kappa shape index (κ1) is 54.9. The molecule has 1 amide bonds. The third-order valence-electron chi connectivity index (χ3n) is 15.1. The van der Waals surface area contributed by atoms with Crippen LogP contribution in [0.15, 0.2) is 132 Å². The Morgan fingerprint density at radius 3 is 2.08 bits per heavy atom. The molecule has 2 heterocycles. The normalized spacial score (nSPS) is 29.2. The molecule has 4 aromatic rings. The van der Waals surface area contributed by atoms with Crippen LogP contribution in [0.5, 0.6) is 0 Å². The molecular formula is C56H60N2O15S2. The minimum atomic E-state index is -2.46. The summed E-state index contributed by atoms with van der Waals surface area (Å²) in [5.41, 5.74) is -7.56. The number of Topliss-reactive ketones (excluding diaryl/α,β-unsaturated/α-hetero) is 1. The van der Waals surface area contributed by atoms with Gasteiger partial charge in [-0.1, -0.05) is 104 Å². The zero-order valence-electron chi connectivity index (χ0n) is 42.3. The van der Waals surface area contributed by atoms with Crippen molar-refractivity contribution in [2.45, 2.75) is 120 Å². The molecule has 2 saturated carbocycles. The Morgan fingerprint density at radius 1 is 0.840 bits per heavy atom. The maximum absolute atomic E-state index is 16.2. The number of benzene rings is 3. The maximum atomic E-state index is 16.2. The third kappa shape index (κ3) is 10.7. The van der Waals surface area contributed by atoms with E-state index in [0.29, 0.717) is 17.7 Å². The third-order valence-corrected chi connectivity index (χ3v) is 17.5. The summed E-state index contributed by atoms with van der Waals surface area (Å²) in [4.78, 5) is 104. The summed E-state index contributed by atoms with van der Waals surface area (Å²) >= 11 is 0. The highest BCUT2D eigenvalue weighted by molar-refractivity contribution is 8.76. The van der Waals surface area contributed by atoms with E-state index >= 15 is 4.79 Å². The molecule has 1 aromatic heterocycles. The van der Waals surface area contributed by atoms with Crippen LogP contribution in [-0.4, -0.2) is 111 Å². The molecule has 0 radical (unpaired) electrons. The predicted octanol–water partition coefficient (Wildman–Crippen LogP) is 7.11. The van der Waals surface area contributed by atoms with Gasteiger partial charge in [-0.3, -0.25) is 24.0 Å². The molecule has 3 aliphatic carbocycles. The van der Waals surface area contributed by atoms with Crippen molar-refractivity contribution in [3.05, 3.63) is 143 Å². The molecule has 1 aliphatic heterocycles. The SMILES string of the molecule is CC(=O)O/C1=C2\C(C)[C@@H](OC(=O)[C@H](O)C(NC(=O)c3ccccc3)c3ccccc3)C[C@@](O)([C@@H](OC(=O)c3ccccc3)[C@@H]3[C@]4(OC(C)=O)CO[C@@H]4C[C@H](OC(=O)CCCSSc4ccccn4)[C@@]3(C)C1=O)C2(C)C. The average Bonchev–Trinajstić information content (AvgIpc) is 3.39. The summed E-state index contributed by atoms with van der Waals surface area (Å²) < 4.78 is 37.5. The number of nitrogens with zero attached hydrogens (tertiary/aromatic N) is 1. The number of hydrogen-bond donors (Lipinski definition) is 3. The fraction of sp³-hybridized carbons (Fsp3) is 0.429. The van der Waals surface area contributed by atoms with Crippen molar-refractivity contribution in [3.63, 3.8) is 0 Å². The number of fused-ring (bicyclic) bond motifs is 5. The molecule has 3 fully saturated rings. The van der Waals surface area contributed by atoms with Gasteiger partial charge in [-0.05, 0) is 71.7 Å². The quantitative estimate of drug-likeness (QED) is 0.0413. The number of aromatic nitrogens is 1. The zero-order valence-corrected chi connectivity index (χ0v) is 43.9. The molecule has 3 N–H and O–H groups in total. The monoisotopic (exact) mass is 1060 g/mol. The molecule has 4 aliphatic rings. The van der Waals surface area contributed by atoms with Crippen molar-refractivity contribution in [3.8, 4) is 0 Å². The first-order valence-electron chi connectivity index (χ1n) is 24.7. The molecule has 2 unspecified atom stereocenters. The number of ketones is 1. The molecule has 396 valence electrons. The number of ether oxygens (including phenoxy) is 6. The van der Waals surface area contributed by atoms with Crippen LogP contribution >= 0.6 is 21.6 Å². The summed E-state index contributed by atoms with van der Waals surface area (Å²) in [5, 5.41) is 29.6. The van der Waals surface area contributed by atoms with E-state index in [1.807, 2.05) is 18.2 Å². The molecule has 17 nitrogen and oxygen atoms in total. The minimum absolute atomic E-state index is 0.0257. The molecule has 3 aromatic carbocycles. The second-order valence-corrected chi connectivity index (χ2v) is 22.5. The molecule has 8 rings (SSSR count). The summed E-state index contributed by atoms with van der Waals surface area (Å²) in [6.45, 7) is 8.05. The Morgan fingerprint density at radius 2 is 1.48 bits per heavy atom. The standard InChI is InChI=1S/C56H60N2O15S2/c1-32-38(70-52(66)45(62)44(35-19-10-7-11-20-35)58-50(64)36-21-12-8-13-22-36)30-56(67)49(72-51(65)37-23-14-9-15-24-37)47-54(6,48(63)46(69-33(2)59)43(32)53(56,4)5)39(29-40-55(47,31-68-40)73-34(3)60)71-42(61)26-18-28-74-75-41-25-16-17-27-57-41/h7-17,19-25,27,32,38-40,44-45,47,49,62,67H,18,26,28-31H2,1-6H3,(H,58,64)/b46-43+/t32?,38-,39-,40+,44?,45+,47-,49-,54+,55-,56+/m0/s1. The largest absolute Gasteiger partial charge is 0.461 e. The second-order valence-electron chi connectivity index (χ2n) is 20.0. The van der Waals surface area contributed by atoms with Crippen molar-refractivity contribution in [1.82, 2.24) is 10.3 Å². The minimum Gasteiger partial charge on any atom is -0.461 e. The molecule has 0 spiro atoms. The van der Waals surface area contributed by atoms with Crippen LogP contribution in [0, 0.1) is 22.7 Å². The average molecular weight is 1070 g/mol. The highest BCUT2D eigenvalue weighted by Crippen LogP contribution is 2.65. The van der Waals surface area contributed by atoms with Crippen LogP contribution in [0.25, 0.3) is 0 Å². The predicted molar refractivity (Wildman–Crippen MR) is 273 cm³/mol. The van der Waals surface area contributed by atoms with Crippen molar-refractivity contribution < 1.29 is 72.2 Å². The molecule has 19 heteroatoms. The Bertz CT molecular complexity index is 2820. The van der Waals surface area contributed by atoms with E-state index in [4.69, 9.17) is 28.4 Å². The highest BCUT2D eigenvalue weighted by atomic mass is 33.1. The van der Waals surface area contributed by atoms with E-state index in [1.165, 1.54) is 40.6 Å². The van der Waals surface area contributed by atoms with Crippen molar-refractivity contribution >= 4 is 63.1 Å². The molecular weight excluding hydrogens is 1000 g/mol. The number of hydrogen-bond acceptors (Lipinski definition) is 18. The summed E-state index contributed by atoms with van der Waals surface area (Å²) in [6.07, 6.45) is -6.75. The Labute approximate surface area is 442 Å². The lowest BCUT2D eigenvalue weighted by Crippen LogP contribution is -2.81. The maximum Gasteiger partial charge on any atom is 0.338 e. The first-order valence-corrected chi connectivity index (χ1v) is 27.0. The van der Waals surface area contributed by atoms with Gasteiger partial charge in [-0.25, -0.2) is 14.6 Å². The lowest BCUT2D eigenvalue weighted by molar-refractivity contribution is -0.346. The molecule has 1 saturated heterocycles. The van der Waals surface area contributed by atoms with Crippen molar-refractivity contribution in [1.29, 1.82) is 0 Å². The lowest BCUT2D eigenvalue weighted by Gasteiger charge is -2.67. The Hall–Kier alpha value is -6.38. The number of carbonyl (C=O) groups is 7. The Kier molecular flexibility index (Phi) is 16.4. The fourth-order valence-corrected chi connectivity index (χ4v) is 13.3. The highest BCUT2D eigenvalue weighted by Gasteiger charge is 2.79. The smallest absolute Gasteiger partial charge is 0.338 e. The van der Waals surface area contributed by atoms with Gasteiger partial charge in [-0.15, -0.1) is 0 Å². The van der Waals surface area contributed by atoms with Gasteiger partial charge < -0.3 is 44.0 Å². The number of rotatable bonds is 17. The van der Waals surface area contributed by atoms with Gasteiger partial charge in [0.2, 0.25) is 5.78 Å². The van der Waals surface area contributed by atoms with Gasteiger partial charge in [0, 0.05) is 62.0 Å². The van der Waals surface area contributed by atoms with Gasteiger partial charge in [-0.2, -0.15) is 0 Å². The van der Waals surface area contributed by atoms with Crippen LogP contribution in [0.1, 0.15) is 99.5 Å². The first-order chi connectivity index (χ1) is 35.7. The van der Waals surface area contributed by atoms with E-state index in [2.05, 4.69) is 10.3 Å². The number of nitrogens with one attached hydrogen (secondary N) is 1. The number of aliphatic hydroxyl groups is 2. The summed E-state index contributed by atoms with van der Waals surface area (Å²) in [6, 6.07) is 28.5. The topological polar surface area (TPSA) is 240 Å². The van der Waals surface area contributed by atoms with Crippen LogP contribution in [0.2, 0.25) is 0 Å². The fourth-order valence-electron chi connectivity index (χ4n) is 11.3. The van der Waals surface area contributed by atoms with Crippen LogP contribution in [0.3, 0.4) is 0 Å². The van der Waals surface area contributed by atoms with Crippen molar-refractivity contribution in [2.75, 3.05) is 12.4 Å². The number of allylic oxidation sites excluding steroid dienone is 1. The van der Waals surface area contributed by atoms with Gasteiger partial charge >= 0.3 is 29.8 Å². The number of amides is 1. The van der Waals surface area contributed by atoms with Gasteiger partial charge in [0.25, 0.3) is 5.91 Å². The van der Waals surface area contributed by atoms with Gasteiger partial charge in [0.15, 0.2) is 17.5 Å². The van der Waals surface area contributed by atoms with E-state index in [0.717, 1.165) is 18.9 Å². The number of pyridine rings is 1. The molecule has 75 heavy (non-hydrogen) atoms. The van der Waals surface area contributed by atoms with E-state index in [-0.39, 0.29) is 36.1 Å². The van der Waals surface area contributed by atoms with Crippen LogP contribution < -0.4 is 5.32 Å². The van der Waals surface area contributed by atoms with Crippen molar-refractivity contribution in [2.24, 2.45) is 22.7 Å². The molecule has 2 bridgehead atoms. The van der Waals surface area contributed by atoms with Crippen LogP contribution in [0.4, 0.5) is 0 Å². The van der Waals surface area contributed by atoms with E-state index in [1.54, 1.807) is 106 Å². The number of carbonyl (C=O) groups excluding carboxylic acids is 7. The van der Waals surface area contributed by atoms with E-state index < -0.39 is 124 Å². The van der Waals surface area contributed by atoms with Gasteiger partial charge in [0.1, 0.15) is 35.0 Å². The van der Waals surface area contributed by atoms with E-state index in [9.17, 15) is 39.0 Å². The Balaban J connectivity index is 1.24. The molecule has 11 atom stereocenters.